The van der Waals surface area contributed by atoms with Crippen molar-refractivity contribution in [2.24, 2.45) is 0 Å². The number of rotatable bonds is 4. The van der Waals surface area contributed by atoms with E-state index in [0.717, 1.165) is 21.5 Å². The first-order chi connectivity index (χ1) is 10.7. The second-order valence-electron chi connectivity index (χ2n) is 4.90. The van der Waals surface area contributed by atoms with Crippen LogP contribution in [-0.4, -0.2) is 28.4 Å². The number of ether oxygens (including phenoxy) is 4. The first-order valence-corrected chi connectivity index (χ1v) is 6.93. The fourth-order valence-electron chi connectivity index (χ4n) is 2.79. The summed E-state index contributed by atoms with van der Waals surface area (Å²) in [5.74, 6) is 2.84. The molecule has 3 aromatic carbocycles. The van der Waals surface area contributed by atoms with Gasteiger partial charge in [0.2, 0.25) is 0 Å². The van der Waals surface area contributed by atoms with Crippen LogP contribution in [0.1, 0.15) is 0 Å². The lowest BCUT2D eigenvalue weighted by Crippen LogP contribution is -1.94. The average Bonchev–Trinajstić information content (AvgIpc) is 2.57. The van der Waals surface area contributed by atoms with Gasteiger partial charge in [-0.25, -0.2) is 0 Å². The quantitative estimate of drug-likeness (QED) is 0.682. The summed E-state index contributed by atoms with van der Waals surface area (Å²) < 4.78 is 21.8. The van der Waals surface area contributed by atoms with Crippen LogP contribution in [-0.2, 0) is 0 Å². The van der Waals surface area contributed by atoms with Gasteiger partial charge in [-0.1, -0.05) is 12.1 Å². The first kappa shape index (κ1) is 14.3. The van der Waals surface area contributed by atoms with Gasteiger partial charge in [0.25, 0.3) is 0 Å². The van der Waals surface area contributed by atoms with E-state index in [1.54, 1.807) is 28.4 Å². The van der Waals surface area contributed by atoms with Crippen LogP contribution in [0.4, 0.5) is 0 Å². The van der Waals surface area contributed by atoms with Gasteiger partial charge in [-0.3, -0.25) is 0 Å². The van der Waals surface area contributed by atoms with E-state index in [2.05, 4.69) is 6.07 Å². The van der Waals surface area contributed by atoms with Crippen molar-refractivity contribution < 1.29 is 18.9 Å². The maximum Gasteiger partial charge on any atom is 0.168 e. The molecule has 0 amide bonds. The van der Waals surface area contributed by atoms with E-state index in [0.29, 0.717) is 23.0 Å². The van der Waals surface area contributed by atoms with E-state index in [1.807, 2.05) is 30.3 Å². The van der Waals surface area contributed by atoms with Gasteiger partial charge in [0, 0.05) is 10.8 Å². The predicted octanol–water partition coefficient (Wildman–Crippen LogP) is 4.03. The maximum atomic E-state index is 5.53. The monoisotopic (exact) mass is 298 g/mol. The number of hydrogen-bond donors (Lipinski definition) is 0. The molecule has 0 radical (unpaired) electrons. The molecule has 0 atom stereocenters. The van der Waals surface area contributed by atoms with Crippen LogP contribution >= 0.6 is 0 Å². The zero-order valence-corrected chi connectivity index (χ0v) is 13.1. The highest BCUT2D eigenvalue weighted by molar-refractivity contribution is 6.04. The molecule has 4 heteroatoms. The highest BCUT2D eigenvalue weighted by Crippen LogP contribution is 2.41. The summed E-state index contributed by atoms with van der Waals surface area (Å²) in [6, 6.07) is 12.0. The van der Waals surface area contributed by atoms with Crippen molar-refractivity contribution >= 4 is 21.5 Å². The molecule has 0 N–H and O–H groups in total. The Morgan fingerprint density at radius 2 is 1.00 bits per heavy atom. The Bertz CT molecular complexity index is 772. The summed E-state index contributed by atoms with van der Waals surface area (Å²) in [5, 5.41) is 4.11. The van der Waals surface area contributed by atoms with Gasteiger partial charge in [0.15, 0.2) is 23.0 Å². The fraction of sp³-hybridized carbons (Fsp3) is 0.222. The van der Waals surface area contributed by atoms with E-state index >= 15 is 0 Å². The number of methoxy groups -OCH3 is 4. The summed E-state index contributed by atoms with van der Waals surface area (Å²) in [4.78, 5) is 0. The normalized spacial score (nSPS) is 10.7. The highest BCUT2D eigenvalue weighted by atomic mass is 16.5. The second-order valence-corrected chi connectivity index (χ2v) is 4.90. The molecular formula is C18H18O4. The third-order valence-electron chi connectivity index (χ3n) is 3.84. The van der Waals surface area contributed by atoms with Crippen LogP contribution in [0, 0.1) is 0 Å². The summed E-state index contributed by atoms with van der Waals surface area (Å²) in [7, 11) is 6.55. The van der Waals surface area contributed by atoms with Crippen molar-refractivity contribution in [2.45, 2.75) is 0 Å². The molecule has 4 nitrogen and oxygen atoms in total. The molecule has 0 saturated carbocycles. The molecule has 0 bridgehead atoms. The van der Waals surface area contributed by atoms with Crippen molar-refractivity contribution in [1.82, 2.24) is 0 Å². The summed E-state index contributed by atoms with van der Waals surface area (Å²) in [5.41, 5.74) is 0. The van der Waals surface area contributed by atoms with Crippen molar-refractivity contribution in [1.29, 1.82) is 0 Å². The van der Waals surface area contributed by atoms with Gasteiger partial charge in [-0.2, -0.15) is 0 Å². The predicted molar refractivity (Wildman–Crippen MR) is 87.7 cm³/mol. The molecule has 114 valence electrons. The lowest BCUT2D eigenvalue weighted by molar-refractivity contribution is 0.358. The fourth-order valence-corrected chi connectivity index (χ4v) is 2.79. The Labute approximate surface area is 129 Å². The standard InChI is InChI=1S/C18H18O4/c1-19-15-7-5-11-9-12-6-8-16(20-2)18(22-4)14(12)10-13(11)17(15)21-3/h5-10H,1-4H3. The van der Waals surface area contributed by atoms with Gasteiger partial charge in [-0.05, 0) is 35.0 Å². The van der Waals surface area contributed by atoms with Crippen LogP contribution < -0.4 is 18.9 Å². The molecule has 0 heterocycles. The zero-order chi connectivity index (χ0) is 15.7. The van der Waals surface area contributed by atoms with Crippen LogP contribution in [0.2, 0.25) is 0 Å². The minimum absolute atomic E-state index is 0.705. The van der Waals surface area contributed by atoms with Crippen LogP contribution in [0.3, 0.4) is 0 Å². The number of hydrogen-bond acceptors (Lipinski definition) is 4. The SMILES string of the molecule is COc1ccc2cc3ccc(OC)c(OC)c3cc2c1OC. The molecule has 0 aliphatic carbocycles. The van der Waals surface area contributed by atoms with Gasteiger partial charge in [-0.15, -0.1) is 0 Å². The molecule has 0 saturated heterocycles. The van der Waals surface area contributed by atoms with Gasteiger partial charge < -0.3 is 18.9 Å². The van der Waals surface area contributed by atoms with Gasteiger partial charge in [0.05, 0.1) is 28.4 Å². The van der Waals surface area contributed by atoms with Gasteiger partial charge in [0.1, 0.15) is 0 Å². The maximum absolute atomic E-state index is 5.53. The Balaban J connectivity index is 2.42. The van der Waals surface area contributed by atoms with E-state index in [9.17, 15) is 0 Å². The zero-order valence-electron chi connectivity index (χ0n) is 13.1. The van der Waals surface area contributed by atoms with Crippen LogP contribution in [0.15, 0.2) is 36.4 Å². The van der Waals surface area contributed by atoms with E-state index in [1.165, 1.54) is 0 Å². The minimum Gasteiger partial charge on any atom is -0.493 e. The second kappa shape index (κ2) is 5.64. The molecule has 0 aliphatic rings. The number of fused-ring (bicyclic) bond motifs is 2. The van der Waals surface area contributed by atoms with Gasteiger partial charge >= 0.3 is 0 Å². The van der Waals surface area contributed by atoms with Crippen molar-refractivity contribution in [2.75, 3.05) is 28.4 Å². The largest absolute Gasteiger partial charge is 0.493 e. The Morgan fingerprint density at radius 3 is 1.36 bits per heavy atom. The van der Waals surface area contributed by atoms with E-state index < -0.39 is 0 Å². The molecule has 0 unspecified atom stereocenters. The molecule has 22 heavy (non-hydrogen) atoms. The third kappa shape index (κ3) is 2.08. The molecule has 3 aromatic rings. The van der Waals surface area contributed by atoms with Crippen LogP contribution in [0.25, 0.3) is 21.5 Å². The third-order valence-corrected chi connectivity index (χ3v) is 3.84. The molecule has 3 rings (SSSR count). The Kier molecular flexibility index (Phi) is 3.67. The van der Waals surface area contributed by atoms with Crippen molar-refractivity contribution in [3.05, 3.63) is 36.4 Å². The minimum atomic E-state index is 0.705. The topological polar surface area (TPSA) is 36.9 Å². The smallest absolute Gasteiger partial charge is 0.168 e. The lowest BCUT2D eigenvalue weighted by Gasteiger charge is -2.14. The van der Waals surface area contributed by atoms with Crippen LogP contribution in [0.5, 0.6) is 23.0 Å². The Hall–Kier alpha value is -2.62. The molecule has 0 aromatic heterocycles. The lowest BCUT2D eigenvalue weighted by atomic mass is 10.0. The van der Waals surface area contributed by atoms with Crippen molar-refractivity contribution in [3.8, 4) is 23.0 Å². The average molecular weight is 298 g/mol. The summed E-state index contributed by atoms with van der Waals surface area (Å²) in [6.45, 7) is 0. The first-order valence-electron chi connectivity index (χ1n) is 6.93. The Morgan fingerprint density at radius 1 is 0.545 bits per heavy atom. The van der Waals surface area contributed by atoms with E-state index in [4.69, 9.17) is 18.9 Å². The molecule has 0 spiro atoms. The molecule has 0 fully saturated rings. The summed E-state index contributed by atoms with van der Waals surface area (Å²) in [6.07, 6.45) is 0. The number of benzene rings is 3. The molecular weight excluding hydrogens is 280 g/mol. The highest BCUT2D eigenvalue weighted by Gasteiger charge is 2.14. The molecule has 0 aliphatic heterocycles. The van der Waals surface area contributed by atoms with Crippen molar-refractivity contribution in [3.63, 3.8) is 0 Å². The summed E-state index contributed by atoms with van der Waals surface area (Å²) >= 11 is 0. The van der Waals surface area contributed by atoms with E-state index in [-0.39, 0.29) is 0 Å².